The van der Waals surface area contributed by atoms with Gasteiger partial charge in [-0.3, -0.25) is 4.79 Å². The number of rotatable bonds is 4. The quantitative estimate of drug-likeness (QED) is 0.840. The highest BCUT2D eigenvalue weighted by Crippen LogP contribution is 2.11. The second-order valence-corrected chi connectivity index (χ2v) is 3.38. The van der Waals surface area contributed by atoms with Crippen LogP contribution in [0.4, 0.5) is 5.69 Å². The standard InChI is InChI=1S/C10H12BrNO2/c1-14-7-8-3-2-4-9(5-8)12-10(13)6-11/h2-5H,6-7H2,1H3,(H,12,13). The summed E-state index contributed by atoms with van der Waals surface area (Å²) in [4.78, 5) is 11.1. The average molecular weight is 258 g/mol. The molecule has 1 aromatic rings. The van der Waals surface area contributed by atoms with Crippen molar-refractivity contribution in [3.63, 3.8) is 0 Å². The van der Waals surface area contributed by atoms with Crippen LogP contribution in [0.15, 0.2) is 24.3 Å². The van der Waals surface area contributed by atoms with Gasteiger partial charge in [0.2, 0.25) is 5.91 Å². The number of hydrogen-bond donors (Lipinski definition) is 1. The molecule has 1 amide bonds. The Labute approximate surface area is 91.6 Å². The number of carbonyl (C=O) groups is 1. The van der Waals surface area contributed by atoms with Crippen LogP contribution in [-0.2, 0) is 16.1 Å². The van der Waals surface area contributed by atoms with E-state index in [2.05, 4.69) is 21.2 Å². The van der Waals surface area contributed by atoms with Crippen molar-refractivity contribution in [1.29, 1.82) is 0 Å². The first-order valence-electron chi connectivity index (χ1n) is 4.20. The van der Waals surface area contributed by atoms with Crippen molar-refractivity contribution < 1.29 is 9.53 Å². The highest BCUT2D eigenvalue weighted by Gasteiger charge is 2.00. The van der Waals surface area contributed by atoms with Crippen LogP contribution in [0.2, 0.25) is 0 Å². The maximum absolute atomic E-state index is 11.1. The van der Waals surface area contributed by atoms with E-state index in [9.17, 15) is 4.79 Å². The van der Waals surface area contributed by atoms with Crippen LogP contribution in [0, 0.1) is 0 Å². The summed E-state index contributed by atoms with van der Waals surface area (Å²) in [7, 11) is 1.64. The van der Waals surface area contributed by atoms with Crippen molar-refractivity contribution in [2.24, 2.45) is 0 Å². The molecule has 3 nitrogen and oxygen atoms in total. The molecule has 76 valence electrons. The molecule has 4 heteroatoms. The van der Waals surface area contributed by atoms with Gasteiger partial charge in [0.05, 0.1) is 11.9 Å². The lowest BCUT2D eigenvalue weighted by atomic mass is 10.2. The number of methoxy groups -OCH3 is 1. The van der Waals surface area contributed by atoms with Gasteiger partial charge < -0.3 is 10.1 Å². The first kappa shape index (κ1) is 11.2. The Morgan fingerprint density at radius 3 is 3.00 bits per heavy atom. The van der Waals surface area contributed by atoms with Gasteiger partial charge in [-0.25, -0.2) is 0 Å². The number of benzene rings is 1. The third-order valence-corrected chi connectivity index (χ3v) is 2.15. The molecule has 0 aliphatic carbocycles. The molecule has 0 heterocycles. The van der Waals surface area contributed by atoms with Gasteiger partial charge in [-0.2, -0.15) is 0 Å². The summed E-state index contributed by atoms with van der Waals surface area (Å²) in [6.45, 7) is 0.554. The molecule has 0 fully saturated rings. The fourth-order valence-corrected chi connectivity index (χ4v) is 1.24. The molecule has 0 aliphatic rings. The molecule has 14 heavy (non-hydrogen) atoms. The predicted octanol–water partition coefficient (Wildman–Crippen LogP) is 2.17. The second kappa shape index (κ2) is 5.78. The lowest BCUT2D eigenvalue weighted by Crippen LogP contribution is -2.12. The topological polar surface area (TPSA) is 38.3 Å². The molecule has 0 unspecified atom stereocenters. The number of halogens is 1. The van der Waals surface area contributed by atoms with E-state index < -0.39 is 0 Å². The van der Waals surface area contributed by atoms with Crippen LogP contribution in [0.5, 0.6) is 0 Å². The van der Waals surface area contributed by atoms with Gasteiger partial charge in [0.25, 0.3) is 0 Å². The van der Waals surface area contributed by atoms with Crippen molar-refractivity contribution in [3.05, 3.63) is 29.8 Å². The van der Waals surface area contributed by atoms with Gasteiger partial charge in [-0.15, -0.1) is 0 Å². The summed E-state index contributed by atoms with van der Waals surface area (Å²) in [5.74, 6) is -0.0560. The van der Waals surface area contributed by atoms with Crippen molar-refractivity contribution in [1.82, 2.24) is 0 Å². The van der Waals surface area contributed by atoms with Crippen molar-refractivity contribution >= 4 is 27.5 Å². The molecule has 0 saturated heterocycles. The molecular weight excluding hydrogens is 246 g/mol. The highest BCUT2D eigenvalue weighted by atomic mass is 79.9. The largest absolute Gasteiger partial charge is 0.380 e. The van der Waals surface area contributed by atoms with E-state index in [0.717, 1.165) is 11.3 Å². The third kappa shape index (κ3) is 3.47. The minimum Gasteiger partial charge on any atom is -0.380 e. The number of alkyl halides is 1. The number of amides is 1. The number of anilines is 1. The molecule has 0 saturated carbocycles. The number of ether oxygens (including phenoxy) is 1. The maximum Gasteiger partial charge on any atom is 0.235 e. The SMILES string of the molecule is COCc1cccc(NC(=O)CBr)c1. The molecule has 0 aliphatic heterocycles. The minimum atomic E-state index is -0.0560. The average Bonchev–Trinajstić information content (AvgIpc) is 2.19. The lowest BCUT2D eigenvalue weighted by Gasteiger charge is -2.05. The molecule has 0 aromatic heterocycles. The molecule has 1 aromatic carbocycles. The van der Waals surface area contributed by atoms with Gasteiger partial charge in [0, 0.05) is 12.8 Å². The van der Waals surface area contributed by atoms with Crippen LogP contribution in [-0.4, -0.2) is 18.3 Å². The zero-order valence-electron chi connectivity index (χ0n) is 7.92. The van der Waals surface area contributed by atoms with E-state index in [4.69, 9.17) is 4.74 Å². The van der Waals surface area contributed by atoms with E-state index in [1.807, 2.05) is 24.3 Å². The van der Waals surface area contributed by atoms with Gasteiger partial charge in [-0.05, 0) is 17.7 Å². The summed E-state index contributed by atoms with van der Waals surface area (Å²) in [6, 6.07) is 7.58. The van der Waals surface area contributed by atoms with Crippen LogP contribution < -0.4 is 5.32 Å². The van der Waals surface area contributed by atoms with E-state index in [1.165, 1.54) is 0 Å². The number of nitrogens with one attached hydrogen (secondary N) is 1. The molecule has 0 spiro atoms. The fourth-order valence-electron chi connectivity index (χ4n) is 1.10. The first-order chi connectivity index (χ1) is 6.76. The zero-order valence-corrected chi connectivity index (χ0v) is 9.50. The lowest BCUT2D eigenvalue weighted by molar-refractivity contribution is -0.113. The van der Waals surface area contributed by atoms with Crippen molar-refractivity contribution in [2.45, 2.75) is 6.61 Å². The summed E-state index contributed by atoms with van der Waals surface area (Å²) in [5.41, 5.74) is 1.84. The summed E-state index contributed by atoms with van der Waals surface area (Å²) in [5, 5.41) is 3.06. The van der Waals surface area contributed by atoms with Gasteiger partial charge >= 0.3 is 0 Å². The van der Waals surface area contributed by atoms with E-state index in [1.54, 1.807) is 7.11 Å². The smallest absolute Gasteiger partial charge is 0.235 e. The Morgan fingerprint density at radius 2 is 2.36 bits per heavy atom. The van der Waals surface area contributed by atoms with Crippen LogP contribution in [0.3, 0.4) is 0 Å². The molecule has 0 bridgehead atoms. The Bertz CT molecular complexity index is 315. The second-order valence-electron chi connectivity index (χ2n) is 2.82. The molecule has 0 atom stereocenters. The van der Waals surface area contributed by atoms with Crippen LogP contribution in [0.25, 0.3) is 0 Å². The Morgan fingerprint density at radius 1 is 1.57 bits per heavy atom. The predicted molar refractivity (Wildman–Crippen MR) is 59.6 cm³/mol. The zero-order chi connectivity index (χ0) is 10.4. The third-order valence-electron chi connectivity index (χ3n) is 1.64. The normalized spacial score (nSPS) is 9.86. The number of hydrogen-bond acceptors (Lipinski definition) is 2. The fraction of sp³-hybridized carbons (Fsp3) is 0.300. The monoisotopic (exact) mass is 257 g/mol. The van der Waals surface area contributed by atoms with E-state index in [0.29, 0.717) is 11.9 Å². The summed E-state index contributed by atoms with van der Waals surface area (Å²) < 4.78 is 4.99. The van der Waals surface area contributed by atoms with Crippen molar-refractivity contribution in [2.75, 3.05) is 17.8 Å². The summed E-state index contributed by atoms with van der Waals surface area (Å²) in [6.07, 6.45) is 0. The minimum absolute atomic E-state index is 0.0560. The Kier molecular flexibility index (Phi) is 4.62. The highest BCUT2D eigenvalue weighted by molar-refractivity contribution is 9.09. The van der Waals surface area contributed by atoms with Crippen LogP contribution >= 0.6 is 15.9 Å². The Hall–Kier alpha value is -0.870. The molecule has 0 radical (unpaired) electrons. The summed E-state index contributed by atoms with van der Waals surface area (Å²) >= 11 is 3.08. The van der Waals surface area contributed by atoms with Crippen LogP contribution in [0.1, 0.15) is 5.56 Å². The van der Waals surface area contributed by atoms with E-state index >= 15 is 0 Å². The van der Waals surface area contributed by atoms with Gasteiger partial charge in [0.1, 0.15) is 0 Å². The Balaban J connectivity index is 2.68. The maximum atomic E-state index is 11.1. The van der Waals surface area contributed by atoms with Gasteiger partial charge in [0.15, 0.2) is 0 Å². The van der Waals surface area contributed by atoms with Crippen molar-refractivity contribution in [3.8, 4) is 0 Å². The molecule has 1 rings (SSSR count). The first-order valence-corrected chi connectivity index (χ1v) is 5.32. The van der Waals surface area contributed by atoms with E-state index in [-0.39, 0.29) is 5.91 Å². The van der Waals surface area contributed by atoms with Gasteiger partial charge in [-0.1, -0.05) is 28.1 Å². The number of carbonyl (C=O) groups excluding carboxylic acids is 1. The molecular formula is C10H12BrNO2. The molecule has 1 N–H and O–H groups in total.